The molecule has 2 atom stereocenters. The quantitative estimate of drug-likeness (QED) is 0.534. The number of nitrogens with one attached hydrogen (secondary N) is 2. The first-order valence-corrected chi connectivity index (χ1v) is 8.79. The summed E-state index contributed by atoms with van der Waals surface area (Å²) < 4.78 is 25.9. The first kappa shape index (κ1) is 18.0. The fourth-order valence-electron chi connectivity index (χ4n) is 2.44. The molecule has 0 spiro atoms. The van der Waals surface area contributed by atoms with Gasteiger partial charge in [0.05, 0.1) is 23.6 Å². The Labute approximate surface area is 164 Å². The number of rotatable bonds is 10. The smallest absolute Gasteiger partial charge is 0.328 e. The van der Waals surface area contributed by atoms with Gasteiger partial charge < -0.3 is 20.5 Å². The van der Waals surface area contributed by atoms with Gasteiger partial charge in [0.2, 0.25) is 5.91 Å². The molecule has 1 amide bonds. The van der Waals surface area contributed by atoms with Crippen molar-refractivity contribution in [3.63, 3.8) is 0 Å². The zero-order chi connectivity index (χ0) is 22.9. The van der Waals surface area contributed by atoms with E-state index in [1.165, 1.54) is 0 Å². The maximum absolute atomic E-state index is 12.7. The topological polar surface area (TPSA) is 105 Å². The van der Waals surface area contributed by atoms with Crippen molar-refractivity contribution in [3.05, 3.63) is 35.9 Å². The Morgan fingerprint density at radius 2 is 1.85 bits per heavy atom. The molecule has 1 aromatic carbocycles. The van der Waals surface area contributed by atoms with Crippen LogP contribution in [0.25, 0.3) is 0 Å². The summed E-state index contributed by atoms with van der Waals surface area (Å²) in [5, 5.41) is 14.5. The number of methoxy groups -OCH3 is 1. The minimum absolute atomic E-state index is 0.00325. The highest BCUT2D eigenvalue weighted by Gasteiger charge is 2.28. The van der Waals surface area contributed by atoms with Crippen molar-refractivity contribution in [2.45, 2.75) is 52.1 Å². The standard InChI is InChI=1S/C20H30N2O5/c1-20(2,3)10-11-21-15(13-17(23)24)18(25)22-16(19(26)27-4)12-14-8-6-5-7-9-14/h5-9,15-16,21H,10-13H2,1-4H3,(H,22,25)(H,23,24)/t15-,16-/m0/s1/i4D3. The molecule has 7 nitrogen and oxygen atoms in total. The SMILES string of the molecule is [2H]C([2H])([2H])OC(=O)[C@H](Cc1ccccc1)NC(=O)[C@H](CC(=O)O)NCCC(C)(C)C. The molecule has 0 aliphatic heterocycles. The average molecular weight is 381 g/mol. The van der Waals surface area contributed by atoms with E-state index in [2.05, 4.69) is 15.4 Å². The molecule has 1 aromatic rings. The lowest BCUT2D eigenvalue weighted by atomic mass is 9.92. The lowest BCUT2D eigenvalue weighted by Gasteiger charge is -2.23. The predicted molar refractivity (Wildman–Crippen MR) is 102 cm³/mol. The van der Waals surface area contributed by atoms with Gasteiger partial charge in [-0.05, 0) is 23.9 Å². The number of hydrogen-bond donors (Lipinski definition) is 3. The van der Waals surface area contributed by atoms with E-state index in [-0.39, 0.29) is 11.8 Å². The van der Waals surface area contributed by atoms with Crippen LogP contribution in [0, 0.1) is 5.41 Å². The Hall–Kier alpha value is -2.41. The molecule has 7 heteroatoms. The molecule has 0 radical (unpaired) electrons. The van der Waals surface area contributed by atoms with Crippen LogP contribution in [0.15, 0.2) is 30.3 Å². The molecule has 0 saturated heterocycles. The van der Waals surface area contributed by atoms with Gasteiger partial charge in [-0.2, -0.15) is 0 Å². The van der Waals surface area contributed by atoms with Crippen LogP contribution >= 0.6 is 0 Å². The van der Waals surface area contributed by atoms with Gasteiger partial charge in [0, 0.05) is 6.42 Å². The highest BCUT2D eigenvalue weighted by molar-refractivity contribution is 5.90. The highest BCUT2D eigenvalue weighted by Crippen LogP contribution is 2.17. The van der Waals surface area contributed by atoms with Crippen LogP contribution in [0.1, 0.15) is 43.3 Å². The minimum atomic E-state index is -2.96. The van der Waals surface area contributed by atoms with Crippen molar-refractivity contribution in [1.29, 1.82) is 0 Å². The number of carboxylic acids is 1. The van der Waals surface area contributed by atoms with Gasteiger partial charge in [0.25, 0.3) is 0 Å². The molecule has 0 aromatic heterocycles. The van der Waals surface area contributed by atoms with Crippen molar-refractivity contribution >= 4 is 17.8 Å². The maximum Gasteiger partial charge on any atom is 0.328 e. The van der Waals surface area contributed by atoms with Crippen LogP contribution in [0.3, 0.4) is 0 Å². The molecule has 27 heavy (non-hydrogen) atoms. The number of hydrogen-bond acceptors (Lipinski definition) is 5. The van der Waals surface area contributed by atoms with E-state index in [1.807, 2.05) is 20.8 Å². The molecule has 1 rings (SSSR count). The lowest BCUT2D eigenvalue weighted by Crippen LogP contribution is -2.52. The van der Waals surface area contributed by atoms with Crippen LogP contribution in [-0.4, -0.2) is 48.6 Å². The Morgan fingerprint density at radius 1 is 1.19 bits per heavy atom. The first-order valence-electron chi connectivity index (χ1n) is 10.3. The van der Waals surface area contributed by atoms with E-state index in [4.69, 9.17) is 9.22 Å². The van der Waals surface area contributed by atoms with Crippen molar-refractivity contribution in [2.24, 2.45) is 5.41 Å². The van der Waals surface area contributed by atoms with E-state index in [0.717, 1.165) is 0 Å². The largest absolute Gasteiger partial charge is 0.481 e. The Balaban J connectivity index is 2.93. The van der Waals surface area contributed by atoms with Crippen LogP contribution in [0.4, 0.5) is 0 Å². The molecular formula is C20H30N2O5. The molecule has 150 valence electrons. The molecular weight excluding hydrogens is 348 g/mol. The first-order chi connectivity index (χ1) is 13.8. The van der Waals surface area contributed by atoms with Crippen LogP contribution in [0.5, 0.6) is 0 Å². The van der Waals surface area contributed by atoms with Crippen molar-refractivity contribution < 1.29 is 28.3 Å². The zero-order valence-electron chi connectivity index (χ0n) is 19.0. The molecule has 0 aliphatic rings. The summed E-state index contributed by atoms with van der Waals surface area (Å²) in [7, 11) is -2.96. The van der Waals surface area contributed by atoms with Gasteiger partial charge in [-0.3, -0.25) is 9.59 Å². The monoisotopic (exact) mass is 381 g/mol. The van der Waals surface area contributed by atoms with Crippen LogP contribution in [0.2, 0.25) is 0 Å². The molecule has 0 unspecified atom stereocenters. The summed E-state index contributed by atoms with van der Waals surface area (Å²) in [5.74, 6) is -3.01. The number of carbonyl (C=O) groups is 3. The fourth-order valence-corrected chi connectivity index (χ4v) is 2.44. The second kappa shape index (κ2) is 10.7. The van der Waals surface area contributed by atoms with Crippen molar-refractivity contribution in [2.75, 3.05) is 13.6 Å². The van der Waals surface area contributed by atoms with Gasteiger partial charge in [0.1, 0.15) is 6.04 Å². The summed E-state index contributed by atoms with van der Waals surface area (Å²) in [4.78, 5) is 36.3. The van der Waals surface area contributed by atoms with Crippen molar-refractivity contribution in [3.8, 4) is 0 Å². The summed E-state index contributed by atoms with van der Waals surface area (Å²) >= 11 is 0. The van der Waals surface area contributed by atoms with Crippen molar-refractivity contribution in [1.82, 2.24) is 10.6 Å². The summed E-state index contributed by atoms with van der Waals surface area (Å²) in [6.07, 6.45) is 0.219. The number of benzene rings is 1. The van der Waals surface area contributed by atoms with E-state index in [9.17, 15) is 14.4 Å². The van der Waals surface area contributed by atoms with Crippen LogP contribution < -0.4 is 10.6 Å². The third kappa shape index (κ3) is 9.19. The van der Waals surface area contributed by atoms with E-state index < -0.39 is 43.4 Å². The minimum Gasteiger partial charge on any atom is -0.481 e. The summed E-state index contributed by atoms with van der Waals surface area (Å²) in [5.41, 5.74) is 0.664. The van der Waals surface area contributed by atoms with Gasteiger partial charge in [0.15, 0.2) is 0 Å². The Bertz CT molecular complexity index is 717. The second-order valence-corrected chi connectivity index (χ2v) is 7.59. The van der Waals surface area contributed by atoms with Gasteiger partial charge in [-0.1, -0.05) is 51.1 Å². The number of amides is 1. The average Bonchev–Trinajstić information content (AvgIpc) is 2.58. The second-order valence-electron chi connectivity index (χ2n) is 7.59. The third-order valence-electron chi connectivity index (χ3n) is 3.95. The normalized spacial score (nSPS) is 15.6. The van der Waals surface area contributed by atoms with E-state index in [0.29, 0.717) is 18.5 Å². The van der Waals surface area contributed by atoms with E-state index >= 15 is 0 Å². The third-order valence-corrected chi connectivity index (χ3v) is 3.95. The molecule has 0 aliphatic carbocycles. The highest BCUT2D eigenvalue weighted by atomic mass is 16.5. The Morgan fingerprint density at radius 3 is 2.41 bits per heavy atom. The van der Waals surface area contributed by atoms with Gasteiger partial charge in [-0.25, -0.2) is 4.79 Å². The molecule has 0 heterocycles. The number of ether oxygens (including phenoxy) is 1. The number of carboxylic acid groups (broad SMARTS) is 1. The number of carbonyl (C=O) groups excluding carboxylic acids is 2. The fraction of sp³-hybridized carbons (Fsp3) is 0.550. The van der Waals surface area contributed by atoms with E-state index in [1.54, 1.807) is 30.3 Å². The number of esters is 1. The van der Waals surface area contributed by atoms with Gasteiger partial charge >= 0.3 is 11.9 Å². The molecule has 0 bridgehead atoms. The van der Waals surface area contributed by atoms with Gasteiger partial charge in [-0.15, -0.1) is 0 Å². The number of aliphatic carboxylic acids is 1. The lowest BCUT2D eigenvalue weighted by molar-refractivity contribution is -0.145. The molecule has 3 N–H and O–H groups in total. The molecule has 0 saturated carbocycles. The van der Waals surface area contributed by atoms with Crippen LogP contribution in [-0.2, 0) is 25.5 Å². The zero-order valence-corrected chi connectivity index (χ0v) is 16.0. The Kier molecular flexibility index (Phi) is 7.10. The predicted octanol–water partition coefficient (Wildman–Crippen LogP) is 1.76. The summed E-state index contributed by atoms with van der Waals surface area (Å²) in [6, 6.07) is 6.34. The molecule has 0 fully saturated rings. The summed E-state index contributed by atoms with van der Waals surface area (Å²) in [6.45, 7) is 6.45. The maximum atomic E-state index is 12.7.